The van der Waals surface area contributed by atoms with Crippen molar-refractivity contribution in [1.82, 2.24) is 9.88 Å². The average molecular weight is 402 g/mol. The van der Waals surface area contributed by atoms with Gasteiger partial charge in [0.1, 0.15) is 5.75 Å². The van der Waals surface area contributed by atoms with Gasteiger partial charge in [-0.05, 0) is 18.6 Å². The highest BCUT2D eigenvalue weighted by atomic mass is 35.5. The summed E-state index contributed by atoms with van der Waals surface area (Å²) in [6.45, 7) is 2.74. The molecule has 0 saturated carbocycles. The highest BCUT2D eigenvalue weighted by Crippen LogP contribution is 2.34. The number of halogens is 2. The SMILES string of the molecule is CCCCOc1c(CN)n(CCNC(=O)O)c(=O)c2cc(Cl)c(Cl)cc12. The number of hydrogen-bond acceptors (Lipinski definition) is 4. The molecule has 1 amide bonds. The first-order valence-electron chi connectivity index (χ1n) is 8.24. The molecule has 0 radical (unpaired) electrons. The van der Waals surface area contributed by atoms with Crippen LogP contribution in [0.2, 0.25) is 10.0 Å². The summed E-state index contributed by atoms with van der Waals surface area (Å²) in [5.41, 5.74) is 6.04. The van der Waals surface area contributed by atoms with Crippen LogP contribution in [0.5, 0.6) is 5.75 Å². The van der Waals surface area contributed by atoms with Crippen LogP contribution in [-0.2, 0) is 13.1 Å². The quantitative estimate of drug-likeness (QED) is 0.588. The van der Waals surface area contributed by atoms with Gasteiger partial charge in [-0.3, -0.25) is 4.79 Å². The molecule has 4 N–H and O–H groups in total. The normalized spacial score (nSPS) is 10.9. The van der Waals surface area contributed by atoms with E-state index in [2.05, 4.69) is 5.32 Å². The third-order valence-electron chi connectivity index (χ3n) is 3.92. The number of ether oxygens (including phenoxy) is 1. The molecule has 9 heteroatoms. The monoisotopic (exact) mass is 401 g/mol. The number of nitrogens with zero attached hydrogens (tertiary/aromatic N) is 1. The lowest BCUT2D eigenvalue weighted by molar-refractivity contribution is 0.194. The summed E-state index contributed by atoms with van der Waals surface area (Å²) in [5.74, 6) is 0.476. The van der Waals surface area contributed by atoms with Crippen LogP contribution in [0.1, 0.15) is 25.5 Å². The van der Waals surface area contributed by atoms with Gasteiger partial charge in [-0.15, -0.1) is 0 Å². The second-order valence-corrected chi connectivity index (χ2v) is 6.50. The third-order valence-corrected chi connectivity index (χ3v) is 4.64. The van der Waals surface area contributed by atoms with Crippen LogP contribution in [-0.4, -0.2) is 28.9 Å². The molecule has 2 aromatic rings. The fourth-order valence-electron chi connectivity index (χ4n) is 2.65. The second-order valence-electron chi connectivity index (χ2n) is 5.68. The van der Waals surface area contributed by atoms with Gasteiger partial charge < -0.3 is 25.5 Å². The molecule has 7 nitrogen and oxygen atoms in total. The lowest BCUT2D eigenvalue weighted by Crippen LogP contribution is -2.32. The Kier molecular flexibility index (Phi) is 7.14. The molecule has 1 aromatic heterocycles. The summed E-state index contributed by atoms with van der Waals surface area (Å²) < 4.78 is 7.34. The van der Waals surface area contributed by atoms with Gasteiger partial charge in [0, 0.05) is 25.0 Å². The predicted octanol–water partition coefficient (Wildman–Crippen LogP) is 3.21. The summed E-state index contributed by atoms with van der Waals surface area (Å²) in [7, 11) is 0. The zero-order chi connectivity index (χ0) is 19.3. The second kappa shape index (κ2) is 9.12. The van der Waals surface area contributed by atoms with Gasteiger partial charge >= 0.3 is 6.09 Å². The lowest BCUT2D eigenvalue weighted by Gasteiger charge is -2.19. The number of aromatic nitrogens is 1. The number of pyridine rings is 1. The molecule has 142 valence electrons. The van der Waals surface area contributed by atoms with E-state index in [0.29, 0.717) is 33.8 Å². The van der Waals surface area contributed by atoms with E-state index < -0.39 is 6.09 Å². The van der Waals surface area contributed by atoms with Crippen LogP contribution < -0.4 is 21.3 Å². The van der Waals surface area contributed by atoms with Crippen molar-refractivity contribution in [2.24, 2.45) is 5.73 Å². The number of nitrogens with one attached hydrogen (secondary N) is 1. The van der Waals surface area contributed by atoms with E-state index >= 15 is 0 Å². The Hall–Kier alpha value is -1.96. The fraction of sp³-hybridized carbons (Fsp3) is 0.412. The average Bonchev–Trinajstić information content (AvgIpc) is 2.60. The Balaban J connectivity index is 2.64. The number of amides is 1. The van der Waals surface area contributed by atoms with Gasteiger partial charge in [0.25, 0.3) is 5.56 Å². The Morgan fingerprint density at radius 2 is 1.96 bits per heavy atom. The molecule has 26 heavy (non-hydrogen) atoms. The summed E-state index contributed by atoms with van der Waals surface area (Å²) >= 11 is 12.2. The number of benzene rings is 1. The molecule has 1 heterocycles. The van der Waals surface area contributed by atoms with Gasteiger partial charge in [0.15, 0.2) is 0 Å². The first-order chi connectivity index (χ1) is 12.4. The molecule has 0 spiro atoms. The van der Waals surface area contributed by atoms with Crippen molar-refractivity contribution >= 4 is 40.1 Å². The first kappa shape index (κ1) is 20.4. The molecule has 0 atom stereocenters. The Morgan fingerprint density at radius 1 is 1.31 bits per heavy atom. The maximum absolute atomic E-state index is 12.9. The van der Waals surface area contributed by atoms with Crippen LogP contribution in [0.3, 0.4) is 0 Å². The van der Waals surface area contributed by atoms with Crippen LogP contribution in [0, 0.1) is 0 Å². The molecule has 0 bridgehead atoms. The maximum Gasteiger partial charge on any atom is 0.404 e. The van der Waals surface area contributed by atoms with Crippen molar-refractivity contribution in [3.8, 4) is 5.75 Å². The molecule has 0 saturated heterocycles. The summed E-state index contributed by atoms with van der Waals surface area (Å²) in [6, 6.07) is 3.09. The van der Waals surface area contributed by atoms with Crippen LogP contribution in [0.4, 0.5) is 4.79 Å². The van der Waals surface area contributed by atoms with E-state index in [1.165, 1.54) is 10.6 Å². The van der Waals surface area contributed by atoms with Gasteiger partial charge in [0.2, 0.25) is 0 Å². The number of hydrogen-bond donors (Lipinski definition) is 3. The largest absolute Gasteiger partial charge is 0.491 e. The highest BCUT2D eigenvalue weighted by molar-refractivity contribution is 6.42. The number of carboxylic acid groups (broad SMARTS) is 1. The topological polar surface area (TPSA) is 107 Å². The Bertz CT molecular complexity index is 867. The highest BCUT2D eigenvalue weighted by Gasteiger charge is 2.19. The van der Waals surface area contributed by atoms with Crippen LogP contribution in [0.25, 0.3) is 10.8 Å². The minimum Gasteiger partial charge on any atom is -0.491 e. The van der Waals surface area contributed by atoms with Crippen molar-refractivity contribution in [1.29, 1.82) is 0 Å². The third kappa shape index (κ3) is 4.41. The smallest absolute Gasteiger partial charge is 0.404 e. The van der Waals surface area contributed by atoms with E-state index in [1.807, 2.05) is 6.92 Å². The van der Waals surface area contributed by atoms with Crippen molar-refractivity contribution < 1.29 is 14.6 Å². The Morgan fingerprint density at radius 3 is 2.54 bits per heavy atom. The molecular formula is C17H21Cl2N3O4. The van der Waals surface area contributed by atoms with E-state index in [4.69, 9.17) is 38.8 Å². The van der Waals surface area contributed by atoms with Gasteiger partial charge in [-0.25, -0.2) is 4.79 Å². The zero-order valence-electron chi connectivity index (χ0n) is 14.3. The van der Waals surface area contributed by atoms with Crippen molar-refractivity contribution in [2.45, 2.75) is 32.9 Å². The minimum atomic E-state index is -1.16. The predicted molar refractivity (Wildman–Crippen MR) is 103 cm³/mol. The van der Waals surface area contributed by atoms with Gasteiger partial charge in [0.05, 0.1) is 27.7 Å². The standard InChI is InChI=1S/C17H21Cl2N3O4/c1-2-3-6-26-15-10-7-12(18)13(19)8-11(10)16(23)22(14(15)9-20)5-4-21-17(24)25/h7-8,21H,2-6,9,20H2,1H3,(H,24,25). The molecule has 1 aromatic carbocycles. The van der Waals surface area contributed by atoms with Gasteiger partial charge in [-0.2, -0.15) is 0 Å². The number of nitrogens with two attached hydrogens (primary N) is 1. The molecule has 0 aliphatic heterocycles. The van der Waals surface area contributed by atoms with E-state index in [-0.39, 0.29) is 30.2 Å². The number of unbranched alkanes of at least 4 members (excludes halogenated alkanes) is 1. The fourth-order valence-corrected chi connectivity index (χ4v) is 2.98. The molecular weight excluding hydrogens is 381 g/mol. The van der Waals surface area contributed by atoms with Crippen LogP contribution >= 0.6 is 23.2 Å². The number of rotatable bonds is 8. The summed E-state index contributed by atoms with van der Waals surface area (Å²) in [5, 5.41) is 12.4. The van der Waals surface area contributed by atoms with E-state index in [1.54, 1.807) is 6.07 Å². The zero-order valence-corrected chi connectivity index (χ0v) is 15.9. The summed E-state index contributed by atoms with van der Waals surface area (Å²) in [6.07, 6.45) is 0.624. The minimum absolute atomic E-state index is 0.0555. The molecule has 0 aliphatic carbocycles. The number of carbonyl (C=O) groups is 1. The molecule has 0 unspecified atom stereocenters. The van der Waals surface area contributed by atoms with Crippen LogP contribution in [0.15, 0.2) is 16.9 Å². The van der Waals surface area contributed by atoms with E-state index in [0.717, 1.165) is 12.8 Å². The maximum atomic E-state index is 12.9. The van der Waals surface area contributed by atoms with Crippen molar-refractivity contribution in [3.63, 3.8) is 0 Å². The van der Waals surface area contributed by atoms with Gasteiger partial charge in [-0.1, -0.05) is 36.5 Å². The van der Waals surface area contributed by atoms with Crippen molar-refractivity contribution in [3.05, 3.63) is 38.2 Å². The van der Waals surface area contributed by atoms with Crippen molar-refractivity contribution in [2.75, 3.05) is 13.2 Å². The Labute approximate surface area is 160 Å². The molecule has 0 fully saturated rings. The summed E-state index contributed by atoms with van der Waals surface area (Å²) in [4.78, 5) is 23.6. The first-order valence-corrected chi connectivity index (χ1v) is 9.00. The lowest BCUT2D eigenvalue weighted by atomic mass is 10.1. The number of fused-ring (bicyclic) bond motifs is 1. The molecule has 0 aliphatic rings. The molecule has 2 rings (SSSR count). The van der Waals surface area contributed by atoms with E-state index in [9.17, 15) is 9.59 Å².